The van der Waals surface area contributed by atoms with Crippen LogP contribution in [-0.4, -0.2) is 25.1 Å². The quantitative estimate of drug-likeness (QED) is 0.293. The summed E-state index contributed by atoms with van der Waals surface area (Å²) in [6.07, 6.45) is 8.43. The zero-order valence-corrected chi connectivity index (χ0v) is 19.3. The zero-order chi connectivity index (χ0) is 23.0. The molecular formula is C27H32O4. The van der Waals surface area contributed by atoms with E-state index in [2.05, 4.69) is 6.08 Å². The highest BCUT2D eigenvalue weighted by atomic mass is 16.5. The van der Waals surface area contributed by atoms with E-state index in [1.54, 1.807) is 26.4 Å². The van der Waals surface area contributed by atoms with Crippen molar-refractivity contribution in [3.63, 3.8) is 0 Å². The van der Waals surface area contributed by atoms with Gasteiger partial charge in [0.05, 0.1) is 19.8 Å². The van der Waals surface area contributed by atoms with Gasteiger partial charge in [-0.25, -0.2) is 0 Å². The fraction of sp³-hybridized carbons (Fsp3) is 0.296. The minimum absolute atomic E-state index is 0.0281. The molecule has 2 aromatic rings. The van der Waals surface area contributed by atoms with Crippen LogP contribution >= 0.6 is 0 Å². The molecule has 31 heavy (non-hydrogen) atoms. The maximum Gasteiger partial charge on any atom is 0.189 e. The molecule has 0 atom stereocenters. The van der Waals surface area contributed by atoms with E-state index >= 15 is 0 Å². The van der Waals surface area contributed by atoms with Gasteiger partial charge >= 0.3 is 0 Å². The van der Waals surface area contributed by atoms with E-state index in [0.717, 1.165) is 22.4 Å². The normalized spacial score (nSPS) is 10.6. The molecule has 0 saturated carbocycles. The molecule has 0 amide bonds. The van der Waals surface area contributed by atoms with Gasteiger partial charge in [0, 0.05) is 5.56 Å². The van der Waals surface area contributed by atoms with E-state index in [1.807, 2.05) is 58.0 Å². The van der Waals surface area contributed by atoms with Gasteiger partial charge in [-0.15, -0.1) is 0 Å². The molecule has 0 aromatic heterocycles. The molecule has 0 spiro atoms. The number of carbonyl (C=O) groups excluding carboxylic acids is 1. The minimum atomic E-state index is -0.257. The molecule has 2 aromatic carbocycles. The predicted molar refractivity (Wildman–Crippen MR) is 127 cm³/mol. The smallest absolute Gasteiger partial charge is 0.189 e. The largest absolute Gasteiger partial charge is 0.507 e. The van der Waals surface area contributed by atoms with Crippen molar-refractivity contribution in [3.05, 3.63) is 82.0 Å². The third kappa shape index (κ3) is 6.61. The molecular weight excluding hydrogens is 388 g/mol. The van der Waals surface area contributed by atoms with Gasteiger partial charge in [-0.1, -0.05) is 41.5 Å². The van der Waals surface area contributed by atoms with Crippen LogP contribution in [0.25, 0.3) is 6.08 Å². The van der Waals surface area contributed by atoms with Crippen molar-refractivity contribution in [2.75, 3.05) is 14.2 Å². The van der Waals surface area contributed by atoms with Gasteiger partial charge in [-0.2, -0.15) is 0 Å². The molecule has 4 heteroatoms. The van der Waals surface area contributed by atoms with Crippen LogP contribution in [0.3, 0.4) is 0 Å². The Morgan fingerprint density at radius 2 is 1.55 bits per heavy atom. The molecule has 0 aliphatic heterocycles. The third-order valence-corrected chi connectivity index (χ3v) is 4.88. The SMILES string of the molecule is COc1ccc(/C=C/C(=O)c2cc(CC=C(C)C)c(OC)c(CC=C(C)C)c2O)cc1. The van der Waals surface area contributed by atoms with Crippen molar-refractivity contribution in [1.82, 2.24) is 0 Å². The van der Waals surface area contributed by atoms with E-state index < -0.39 is 0 Å². The number of ether oxygens (including phenoxy) is 2. The van der Waals surface area contributed by atoms with Gasteiger partial charge < -0.3 is 14.6 Å². The number of phenolic OH excluding ortho intramolecular Hbond substituents is 1. The molecule has 4 nitrogen and oxygen atoms in total. The van der Waals surface area contributed by atoms with Crippen LogP contribution in [0.15, 0.2) is 59.7 Å². The van der Waals surface area contributed by atoms with Crippen LogP contribution in [-0.2, 0) is 12.8 Å². The van der Waals surface area contributed by atoms with Crippen molar-refractivity contribution < 1.29 is 19.4 Å². The Hall–Kier alpha value is -3.27. The highest BCUT2D eigenvalue weighted by Gasteiger charge is 2.20. The first kappa shape index (κ1) is 24.0. The Morgan fingerprint density at radius 1 is 0.935 bits per heavy atom. The molecule has 0 unspecified atom stereocenters. The molecule has 164 valence electrons. The molecule has 2 rings (SSSR count). The molecule has 0 heterocycles. The van der Waals surface area contributed by atoms with Crippen molar-refractivity contribution in [2.24, 2.45) is 0 Å². The summed E-state index contributed by atoms with van der Waals surface area (Å²) in [6, 6.07) is 9.16. The van der Waals surface area contributed by atoms with Gasteiger partial charge in [0.25, 0.3) is 0 Å². The average molecular weight is 421 g/mol. The summed E-state index contributed by atoms with van der Waals surface area (Å²) in [5, 5.41) is 11.0. The maximum atomic E-state index is 13.0. The van der Waals surface area contributed by atoms with E-state index in [4.69, 9.17) is 9.47 Å². The van der Waals surface area contributed by atoms with Crippen LogP contribution in [0.4, 0.5) is 0 Å². The number of methoxy groups -OCH3 is 2. The van der Waals surface area contributed by atoms with Gasteiger partial charge in [0.2, 0.25) is 0 Å². The van der Waals surface area contributed by atoms with Crippen molar-refractivity contribution in [1.29, 1.82) is 0 Å². The molecule has 0 aliphatic rings. The topological polar surface area (TPSA) is 55.8 Å². The summed E-state index contributed by atoms with van der Waals surface area (Å²) in [7, 11) is 3.21. The molecule has 0 saturated heterocycles. The molecule has 0 radical (unpaired) electrons. The number of rotatable bonds is 9. The lowest BCUT2D eigenvalue weighted by molar-refractivity contribution is 0.104. The summed E-state index contributed by atoms with van der Waals surface area (Å²) in [5.41, 5.74) is 4.96. The minimum Gasteiger partial charge on any atom is -0.507 e. The highest BCUT2D eigenvalue weighted by molar-refractivity contribution is 6.09. The number of hydrogen-bond acceptors (Lipinski definition) is 4. The monoisotopic (exact) mass is 420 g/mol. The van der Waals surface area contributed by atoms with Crippen LogP contribution in [0, 0.1) is 0 Å². The lowest BCUT2D eigenvalue weighted by atomic mass is 9.94. The number of phenols is 1. The first-order chi connectivity index (χ1) is 14.8. The van der Waals surface area contributed by atoms with Gasteiger partial charge in [-0.3, -0.25) is 4.79 Å². The number of aromatic hydroxyl groups is 1. The maximum absolute atomic E-state index is 13.0. The Balaban J connectivity index is 2.50. The third-order valence-electron chi connectivity index (χ3n) is 4.88. The lowest BCUT2D eigenvalue weighted by Gasteiger charge is -2.16. The van der Waals surface area contributed by atoms with Crippen molar-refractivity contribution in [2.45, 2.75) is 40.5 Å². The second-order valence-electron chi connectivity index (χ2n) is 7.89. The van der Waals surface area contributed by atoms with E-state index in [-0.39, 0.29) is 17.1 Å². The number of benzene rings is 2. The van der Waals surface area contributed by atoms with Gasteiger partial charge in [-0.05, 0) is 75.9 Å². The predicted octanol–water partition coefficient (Wildman–Crippen LogP) is 6.32. The number of carbonyl (C=O) groups is 1. The van der Waals surface area contributed by atoms with E-state index in [9.17, 15) is 9.90 Å². The fourth-order valence-corrected chi connectivity index (χ4v) is 3.15. The Labute approximate surface area is 185 Å². The average Bonchev–Trinajstić information content (AvgIpc) is 2.75. The van der Waals surface area contributed by atoms with Crippen LogP contribution in [0.2, 0.25) is 0 Å². The molecule has 0 bridgehead atoms. The van der Waals surface area contributed by atoms with Crippen LogP contribution < -0.4 is 9.47 Å². The second kappa shape index (κ2) is 11.2. The van der Waals surface area contributed by atoms with E-state index in [0.29, 0.717) is 24.2 Å². The Morgan fingerprint density at radius 3 is 2.10 bits per heavy atom. The second-order valence-corrected chi connectivity index (χ2v) is 7.89. The Bertz CT molecular complexity index is 1000. The molecule has 0 aliphatic carbocycles. The molecule has 1 N–H and O–H groups in total. The van der Waals surface area contributed by atoms with Crippen LogP contribution in [0.1, 0.15) is 54.7 Å². The van der Waals surface area contributed by atoms with Crippen molar-refractivity contribution >= 4 is 11.9 Å². The highest BCUT2D eigenvalue weighted by Crippen LogP contribution is 2.37. The fourth-order valence-electron chi connectivity index (χ4n) is 3.15. The standard InChI is InChI=1S/C27H32O4/c1-18(2)7-12-21-17-24(26(29)23(27(21)31-6)15-8-19(3)4)25(28)16-11-20-9-13-22(30-5)14-10-20/h7-11,13-14,16-17,29H,12,15H2,1-6H3/b16-11+. The first-order valence-corrected chi connectivity index (χ1v) is 10.3. The van der Waals surface area contributed by atoms with Crippen LogP contribution in [0.5, 0.6) is 17.2 Å². The molecule has 0 fully saturated rings. The first-order valence-electron chi connectivity index (χ1n) is 10.3. The lowest BCUT2D eigenvalue weighted by Crippen LogP contribution is -2.04. The van der Waals surface area contributed by atoms with Gasteiger partial charge in [0.1, 0.15) is 17.2 Å². The van der Waals surface area contributed by atoms with Gasteiger partial charge in [0.15, 0.2) is 5.78 Å². The summed E-state index contributed by atoms with van der Waals surface area (Å²) in [6.45, 7) is 8.06. The number of hydrogen-bond donors (Lipinski definition) is 1. The summed E-state index contributed by atoms with van der Waals surface area (Å²) < 4.78 is 10.8. The number of allylic oxidation sites excluding steroid dienone is 5. The van der Waals surface area contributed by atoms with E-state index in [1.165, 1.54) is 11.6 Å². The summed E-state index contributed by atoms with van der Waals surface area (Å²) >= 11 is 0. The summed E-state index contributed by atoms with van der Waals surface area (Å²) in [5.74, 6) is 1.10. The van der Waals surface area contributed by atoms with Crippen molar-refractivity contribution in [3.8, 4) is 17.2 Å². The number of ketones is 1. The zero-order valence-electron chi connectivity index (χ0n) is 19.3. The Kier molecular flexibility index (Phi) is 8.68. The summed E-state index contributed by atoms with van der Waals surface area (Å²) in [4.78, 5) is 13.0.